The number of amides is 1. The van der Waals surface area contributed by atoms with Crippen LogP contribution in [0.5, 0.6) is 5.75 Å². The molecule has 7 N–H and O–H groups in total. The lowest BCUT2D eigenvalue weighted by Crippen LogP contribution is -2.44. The molecule has 0 aliphatic heterocycles. The van der Waals surface area contributed by atoms with Crippen LogP contribution in [0, 0.1) is 0 Å². The van der Waals surface area contributed by atoms with Crippen molar-refractivity contribution in [1.82, 2.24) is 26.2 Å². The van der Waals surface area contributed by atoms with E-state index in [0.717, 1.165) is 18.7 Å². The summed E-state index contributed by atoms with van der Waals surface area (Å²) >= 11 is 0. The molecule has 13 heteroatoms. The van der Waals surface area contributed by atoms with Gasteiger partial charge in [-0.2, -0.15) is 0 Å². The van der Waals surface area contributed by atoms with Crippen molar-refractivity contribution >= 4 is 23.8 Å². The van der Waals surface area contributed by atoms with Crippen molar-refractivity contribution in [2.24, 2.45) is 0 Å². The Morgan fingerprint density at radius 1 is 0.947 bits per heavy atom. The van der Waals surface area contributed by atoms with Crippen LogP contribution in [0.1, 0.15) is 24.8 Å². The van der Waals surface area contributed by atoms with Crippen molar-refractivity contribution in [2.75, 3.05) is 66.0 Å². The zero-order chi connectivity index (χ0) is 28.2. The molecule has 1 amide bonds. The van der Waals surface area contributed by atoms with Crippen LogP contribution in [-0.2, 0) is 25.6 Å². The average Bonchev–Trinajstić information content (AvgIpc) is 2.86. The van der Waals surface area contributed by atoms with Crippen LogP contribution in [0.15, 0.2) is 24.3 Å². The Kier molecular flexibility index (Phi) is 17.1. The zero-order valence-electron chi connectivity index (χ0n) is 21.9. The monoisotopic (exact) mass is 539 g/mol. The average molecular weight is 540 g/mol. The predicted octanol–water partition coefficient (Wildman–Crippen LogP) is -0.783. The number of hydrogen-bond acceptors (Lipinski definition) is 9. The smallest absolute Gasteiger partial charge is 0.320 e. The van der Waals surface area contributed by atoms with E-state index in [1.165, 1.54) is 5.56 Å². The first-order valence-electron chi connectivity index (χ1n) is 12.7. The lowest BCUT2D eigenvalue weighted by atomic mass is 10.1. The van der Waals surface area contributed by atoms with Crippen molar-refractivity contribution in [3.05, 3.63) is 29.8 Å². The highest BCUT2D eigenvalue weighted by Crippen LogP contribution is 2.12. The fourth-order valence-corrected chi connectivity index (χ4v) is 3.48. The number of benzene rings is 1. The molecule has 0 aliphatic rings. The lowest BCUT2D eigenvalue weighted by Gasteiger charge is -2.22. The first kappa shape index (κ1) is 32.8. The van der Waals surface area contributed by atoms with Crippen LogP contribution in [0.2, 0.25) is 0 Å². The van der Waals surface area contributed by atoms with Gasteiger partial charge in [0.1, 0.15) is 11.8 Å². The number of likely N-dealkylation sites (N-methyl/N-ethyl adjacent to an activating group) is 1. The van der Waals surface area contributed by atoms with Gasteiger partial charge in [0, 0.05) is 39.1 Å². The van der Waals surface area contributed by atoms with E-state index in [-0.39, 0.29) is 58.0 Å². The maximum absolute atomic E-state index is 12.1. The Labute approximate surface area is 222 Å². The minimum absolute atomic E-state index is 0.0247. The minimum Gasteiger partial charge on any atom is -0.494 e. The largest absolute Gasteiger partial charge is 0.494 e. The molecule has 1 atom stereocenters. The van der Waals surface area contributed by atoms with E-state index >= 15 is 0 Å². The lowest BCUT2D eigenvalue weighted by molar-refractivity contribution is -0.140. The number of nitrogens with one attached hydrogen (secondary N) is 4. The number of ether oxygens (including phenoxy) is 1. The summed E-state index contributed by atoms with van der Waals surface area (Å²) in [6.45, 7) is 2.25. The summed E-state index contributed by atoms with van der Waals surface area (Å²) < 4.78 is 5.68. The van der Waals surface area contributed by atoms with Gasteiger partial charge in [-0.3, -0.25) is 24.1 Å². The van der Waals surface area contributed by atoms with Gasteiger partial charge < -0.3 is 41.3 Å². The van der Waals surface area contributed by atoms with Gasteiger partial charge >= 0.3 is 17.9 Å². The van der Waals surface area contributed by atoms with E-state index in [0.29, 0.717) is 19.6 Å². The normalized spacial score (nSPS) is 11.7. The molecule has 1 aromatic rings. The number of nitrogens with zero attached hydrogens (tertiary/aromatic N) is 1. The van der Waals surface area contributed by atoms with Crippen LogP contribution in [-0.4, -0.2) is 116 Å². The second kappa shape index (κ2) is 19.8. The summed E-state index contributed by atoms with van der Waals surface area (Å²) in [6.07, 6.45) is 1.65. The number of aliphatic carboxylic acids is 3. The van der Waals surface area contributed by atoms with E-state index in [9.17, 15) is 24.3 Å². The van der Waals surface area contributed by atoms with Gasteiger partial charge in [-0.15, -0.1) is 0 Å². The summed E-state index contributed by atoms with van der Waals surface area (Å²) in [5, 5.41) is 38.5. The molecule has 0 heterocycles. The number of carbonyl (C=O) groups is 4. The number of carbonyl (C=O) groups excluding carboxylic acids is 1. The van der Waals surface area contributed by atoms with E-state index in [2.05, 4.69) is 21.3 Å². The fourth-order valence-electron chi connectivity index (χ4n) is 3.48. The molecule has 0 fully saturated rings. The summed E-state index contributed by atoms with van der Waals surface area (Å²) in [4.78, 5) is 46.8. The van der Waals surface area contributed by atoms with Crippen molar-refractivity contribution in [3.63, 3.8) is 0 Å². The highest BCUT2D eigenvalue weighted by molar-refractivity contribution is 5.78. The maximum atomic E-state index is 12.1. The van der Waals surface area contributed by atoms with Gasteiger partial charge in [0.2, 0.25) is 5.91 Å². The molecule has 0 saturated heterocycles. The van der Waals surface area contributed by atoms with Crippen LogP contribution < -0.4 is 26.0 Å². The Balaban J connectivity index is 2.26. The summed E-state index contributed by atoms with van der Waals surface area (Å²) in [5.74, 6) is -2.66. The Bertz CT molecular complexity index is 853. The molecular weight excluding hydrogens is 498 g/mol. The van der Waals surface area contributed by atoms with Crippen molar-refractivity contribution in [3.8, 4) is 5.75 Å². The third-order valence-electron chi connectivity index (χ3n) is 5.52. The zero-order valence-corrected chi connectivity index (χ0v) is 21.9. The molecule has 1 rings (SSSR count). The number of carboxylic acid groups (broad SMARTS) is 3. The quantitative estimate of drug-likeness (QED) is 0.0860. The highest BCUT2D eigenvalue weighted by Gasteiger charge is 2.19. The van der Waals surface area contributed by atoms with Gasteiger partial charge in [-0.05, 0) is 50.6 Å². The highest BCUT2D eigenvalue weighted by atomic mass is 16.5. The number of hydrogen-bond donors (Lipinski definition) is 7. The van der Waals surface area contributed by atoms with Crippen molar-refractivity contribution < 1.29 is 39.2 Å². The molecule has 1 aromatic carbocycles. The summed E-state index contributed by atoms with van der Waals surface area (Å²) in [7, 11) is 1.91. The van der Waals surface area contributed by atoms with E-state index in [4.69, 9.17) is 14.9 Å². The van der Waals surface area contributed by atoms with E-state index in [1.54, 1.807) is 4.90 Å². The minimum atomic E-state index is -1.10. The molecule has 0 spiro atoms. The van der Waals surface area contributed by atoms with Gasteiger partial charge in [0.05, 0.1) is 19.7 Å². The Morgan fingerprint density at radius 2 is 1.66 bits per heavy atom. The predicted molar refractivity (Wildman–Crippen MR) is 140 cm³/mol. The molecule has 0 aliphatic carbocycles. The standard InChI is InChI=1S/C25H41N5O8/c1-26-11-9-19-3-5-20(6-4-19)38-16-2-10-29-22(31)8-7-21(25(36)37)28-13-15-30(18-24(34)35)14-12-27-17-23(32)33/h3-6,21,26-28H,2,7-18H2,1H3,(H,29,31)(H,32,33)(H,34,35)(H,36,37). The van der Waals surface area contributed by atoms with Crippen LogP contribution in [0.4, 0.5) is 0 Å². The second-order valence-electron chi connectivity index (χ2n) is 8.67. The number of carboxylic acids is 3. The van der Waals surface area contributed by atoms with Crippen LogP contribution >= 0.6 is 0 Å². The fraction of sp³-hybridized carbons (Fsp3) is 0.600. The molecular formula is C25H41N5O8. The van der Waals surface area contributed by atoms with Gasteiger partial charge in [-0.25, -0.2) is 0 Å². The maximum Gasteiger partial charge on any atom is 0.320 e. The molecule has 13 nitrogen and oxygen atoms in total. The number of rotatable bonds is 23. The Hall–Kier alpha value is -3.26. The third kappa shape index (κ3) is 16.5. The first-order valence-corrected chi connectivity index (χ1v) is 12.7. The molecule has 0 aromatic heterocycles. The van der Waals surface area contributed by atoms with Crippen LogP contribution in [0.25, 0.3) is 0 Å². The van der Waals surface area contributed by atoms with Gasteiger partial charge in [0.25, 0.3) is 0 Å². The summed E-state index contributed by atoms with van der Waals surface area (Å²) in [5.41, 5.74) is 1.22. The molecule has 0 bridgehead atoms. The second-order valence-corrected chi connectivity index (χ2v) is 8.67. The van der Waals surface area contributed by atoms with Crippen molar-refractivity contribution in [1.29, 1.82) is 0 Å². The van der Waals surface area contributed by atoms with E-state index < -0.39 is 23.9 Å². The van der Waals surface area contributed by atoms with Gasteiger partial charge in [-0.1, -0.05) is 12.1 Å². The van der Waals surface area contributed by atoms with Crippen LogP contribution in [0.3, 0.4) is 0 Å². The third-order valence-corrected chi connectivity index (χ3v) is 5.52. The van der Waals surface area contributed by atoms with Crippen molar-refractivity contribution in [2.45, 2.75) is 31.7 Å². The molecule has 0 saturated carbocycles. The van der Waals surface area contributed by atoms with E-state index in [1.807, 2.05) is 31.3 Å². The SMILES string of the molecule is CNCCc1ccc(OCCCNC(=O)CCC(NCCN(CCNCC(=O)O)CC(=O)O)C(=O)O)cc1. The first-order chi connectivity index (χ1) is 18.2. The molecule has 1 unspecified atom stereocenters. The Morgan fingerprint density at radius 3 is 2.29 bits per heavy atom. The molecule has 214 valence electrons. The summed E-state index contributed by atoms with van der Waals surface area (Å²) in [6, 6.07) is 6.91. The molecule has 0 radical (unpaired) electrons. The topological polar surface area (TPSA) is 190 Å². The van der Waals surface area contributed by atoms with Gasteiger partial charge in [0.15, 0.2) is 0 Å². The molecule has 38 heavy (non-hydrogen) atoms.